The lowest BCUT2D eigenvalue weighted by Crippen LogP contribution is -2.20. The summed E-state index contributed by atoms with van der Waals surface area (Å²) in [5.74, 6) is -0.759. The number of alkyl halides is 6. The Kier molecular flexibility index (Phi) is 5.01. The van der Waals surface area contributed by atoms with Crippen LogP contribution in [-0.4, -0.2) is 20.7 Å². The lowest BCUT2D eigenvalue weighted by atomic mass is 10.1. The molecule has 0 unspecified atom stereocenters. The van der Waals surface area contributed by atoms with Crippen LogP contribution in [0.4, 0.5) is 32.0 Å². The summed E-state index contributed by atoms with van der Waals surface area (Å²) in [6.07, 6.45) is -9.21. The topological polar surface area (TPSA) is 59.8 Å². The Morgan fingerprint density at radius 1 is 1.07 bits per heavy atom. The number of rotatable bonds is 3. The van der Waals surface area contributed by atoms with E-state index in [0.717, 1.165) is 28.9 Å². The normalized spacial score (nSPS) is 12.4. The van der Waals surface area contributed by atoms with E-state index in [1.54, 1.807) is 0 Å². The maximum Gasteiger partial charge on any atom is 0.417 e. The molecule has 0 atom stereocenters. The Labute approximate surface area is 160 Å². The Hall–Kier alpha value is -3.11. The van der Waals surface area contributed by atoms with Gasteiger partial charge in [0.15, 0.2) is 5.65 Å². The number of halogens is 6. The highest BCUT2D eigenvalue weighted by Crippen LogP contribution is 2.36. The average molecular weight is 416 g/mol. The molecule has 1 N–H and O–H groups in total. The van der Waals surface area contributed by atoms with Crippen LogP contribution in [0, 0.1) is 13.8 Å². The van der Waals surface area contributed by atoms with Gasteiger partial charge in [0, 0.05) is 11.4 Å². The third-order valence-corrected chi connectivity index (χ3v) is 4.08. The van der Waals surface area contributed by atoms with Crippen molar-refractivity contribution in [1.29, 1.82) is 0 Å². The minimum Gasteiger partial charge on any atom is -0.324 e. The molecule has 2 heterocycles. The molecule has 5 nitrogen and oxygen atoms in total. The number of aryl methyl sites for hydroxylation is 2. The first-order chi connectivity index (χ1) is 13.4. The van der Waals surface area contributed by atoms with Crippen molar-refractivity contribution in [2.75, 3.05) is 5.32 Å². The van der Waals surface area contributed by atoms with Crippen LogP contribution < -0.4 is 5.32 Å². The monoisotopic (exact) mass is 416 g/mol. The van der Waals surface area contributed by atoms with E-state index in [-0.39, 0.29) is 28.1 Å². The van der Waals surface area contributed by atoms with Gasteiger partial charge in [-0.1, -0.05) is 6.07 Å². The Bertz CT molecular complexity index is 1080. The molecule has 0 spiro atoms. The number of nitrogens with one attached hydrogen (secondary N) is 1. The molecular formula is C18H14F6N4O. The molecule has 29 heavy (non-hydrogen) atoms. The number of aromatic nitrogens is 3. The number of hydrogen-bond donors (Lipinski definition) is 1. The third kappa shape index (κ3) is 4.33. The maximum atomic E-state index is 13.3. The highest BCUT2D eigenvalue weighted by Gasteiger charge is 2.35. The van der Waals surface area contributed by atoms with E-state index in [2.05, 4.69) is 15.4 Å². The van der Waals surface area contributed by atoms with Crippen molar-refractivity contribution in [3.05, 3.63) is 52.8 Å². The molecule has 0 saturated carbocycles. The van der Waals surface area contributed by atoms with Crippen molar-refractivity contribution in [1.82, 2.24) is 14.8 Å². The number of carbonyl (C=O) groups excluding carboxylic acids is 1. The van der Waals surface area contributed by atoms with Crippen molar-refractivity contribution >= 4 is 22.6 Å². The minimum absolute atomic E-state index is 0.0340. The lowest BCUT2D eigenvalue weighted by Gasteiger charge is -2.11. The van der Waals surface area contributed by atoms with Gasteiger partial charge in [0.2, 0.25) is 5.91 Å². The Balaban J connectivity index is 1.91. The fraction of sp³-hybridized carbons (Fsp3) is 0.278. The number of fused-ring (bicyclic) bond motifs is 1. The second-order valence-corrected chi connectivity index (χ2v) is 6.38. The number of nitrogens with zero attached hydrogens (tertiary/aromatic N) is 3. The lowest BCUT2D eigenvalue weighted by molar-refractivity contribution is -0.138. The first-order valence-electron chi connectivity index (χ1n) is 8.25. The molecule has 0 fully saturated rings. The molecule has 11 heteroatoms. The molecule has 0 aliphatic carbocycles. The van der Waals surface area contributed by atoms with E-state index < -0.39 is 35.9 Å². The maximum absolute atomic E-state index is 13.3. The molecule has 0 bridgehead atoms. The first kappa shape index (κ1) is 20.6. The predicted octanol–water partition coefficient (Wildman–Crippen LogP) is 4.72. The summed E-state index contributed by atoms with van der Waals surface area (Å²) in [6.45, 7) is 2.22. The highest BCUT2D eigenvalue weighted by molar-refractivity contribution is 5.92. The number of benzene rings is 1. The average Bonchev–Trinajstić information content (AvgIpc) is 2.88. The van der Waals surface area contributed by atoms with Gasteiger partial charge in [-0.15, -0.1) is 0 Å². The summed E-state index contributed by atoms with van der Waals surface area (Å²) in [7, 11) is 0. The number of anilines is 1. The number of amides is 1. The van der Waals surface area contributed by atoms with E-state index >= 15 is 0 Å². The van der Waals surface area contributed by atoms with Crippen LogP contribution >= 0.6 is 0 Å². The quantitative estimate of drug-likeness (QED) is 0.629. The largest absolute Gasteiger partial charge is 0.417 e. The molecule has 2 aromatic heterocycles. The van der Waals surface area contributed by atoms with Gasteiger partial charge in [-0.3, -0.25) is 4.79 Å². The second-order valence-electron chi connectivity index (χ2n) is 6.38. The van der Waals surface area contributed by atoms with Gasteiger partial charge >= 0.3 is 12.4 Å². The minimum atomic E-state index is -4.63. The summed E-state index contributed by atoms with van der Waals surface area (Å²) in [6, 6.07) is 4.90. The van der Waals surface area contributed by atoms with Gasteiger partial charge in [-0.25, -0.2) is 9.67 Å². The SMILES string of the molecule is Cc1cc(C(F)(F)F)c2c(C)nn(CC(=O)Nc3cccc(C(F)(F)F)c3)c2n1. The van der Waals surface area contributed by atoms with Gasteiger partial charge in [0.05, 0.1) is 22.2 Å². The van der Waals surface area contributed by atoms with Crippen molar-refractivity contribution < 1.29 is 31.1 Å². The van der Waals surface area contributed by atoms with E-state index in [4.69, 9.17) is 0 Å². The van der Waals surface area contributed by atoms with Gasteiger partial charge in [0.25, 0.3) is 0 Å². The van der Waals surface area contributed by atoms with Gasteiger partial charge in [-0.05, 0) is 38.1 Å². The van der Waals surface area contributed by atoms with Crippen molar-refractivity contribution in [2.24, 2.45) is 0 Å². The van der Waals surface area contributed by atoms with E-state index in [0.29, 0.717) is 0 Å². The molecule has 3 rings (SSSR count). The van der Waals surface area contributed by atoms with E-state index in [1.807, 2.05) is 0 Å². The zero-order valence-corrected chi connectivity index (χ0v) is 15.1. The Morgan fingerprint density at radius 2 is 1.76 bits per heavy atom. The van der Waals surface area contributed by atoms with Crippen LogP contribution in [0.25, 0.3) is 11.0 Å². The molecule has 0 aliphatic rings. The molecule has 1 amide bonds. The van der Waals surface area contributed by atoms with Crippen LogP contribution in [0.5, 0.6) is 0 Å². The second kappa shape index (κ2) is 7.05. The van der Waals surface area contributed by atoms with E-state index in [1.165, 1.54) is 19.9 Å². The zero-order valence-electron chi connectivity index (χ0n) is 15.1. The zero-order chi connectivity index (χ0) is 21.6. The highest BCUT2D eigenvalue weighted by atomic mass is 19.4. The predicted molar refractivity (Wildman–Crippen MR) is 92.1 cm³/mol. The summed E-state index contributed by atoms with van der Waals surface area (Å²) >= 11 is 0. The van der Waals surface area contributed by atoms with Crippen LogP contribution in [-0.2, 0) is 23.7 Å². The Morgan fingerprint density at radius 3 is 2.38 bits per heavy atom. The molecule has 0 radical (unpaired) electrons. The molecule has 0 saturated heterocycles. The number of carbonyl (C=O) groups is 1. The summed E-state index contributed by atoms with van der Waals surface area (Å²) in [5.41, 5.74) is -1.96. The third-order valence-electron chi connectivity index (χ3n) is 4.08. The number of pyridine rings is 1. The molecule has 0 aliphatic heterocycles. The van der Waals surface area contributed by atoms with E-state index in [9.17, 15) is 31.1 Å². The number of hydrogen-bond acceptors (Lipinski definition) is 3. The van der Waals surface area contributed by atoms with Gasteiger partial charge < -0.3 is 5.32 Å². The molecular weight excluding hydrogens is 402 g/mol. The summed E-state index contributed by atoms with van der Waals surface area (Å²) in [5, 5.41) is 6.02. The van der Waals surface area contributed by atoms with Crippen LogP contribution in [0.3, 0.4) is 0 Å². The standard InChI is InChI=1S/C18H14F6N4O/c1-9-6-13(18(22,23)24)15-10(2)27-28(16(15)25-9)8-14(29)26-12-5-3-4-11(7-12)17(19,20)21/h3-7H,8H2,1-2H3,(H,26,29). The van der Waals surface area contributed by atoms with Gasteiger partial charge in [0.1, 0.15) is 6.54 Å². The fourth-order valence-corrected chi connectivity index (χ4v) is 2.92. The van der Waals surface area contributed by atoms with Crippen molar-refractivity contribution in [3.63, 3.8) is 0 Å². The first-order valence-corrected chi connectivity index (χ1v) is 8.25. The molecule has 154 valence electrons. The molecule has 1 aromatic carbocycles. The van der Waals surface area contributed by atoms with Crippen LogP contribution in [0.1, 0.15) is 22.5 Å². The van der Waals surface area contributed by atoms with Gasteiger partial charge in [-0.2, -0.15) is 31.4 Å². The van der Waals surface area contributed by atoms with Crippen molar-refractivity contribution in [2.45, 2.75) is 32.7 Å². The van der Waals surface area contributed by atoms with Crippen LogP contribution in [0.15, 0.2) is 30.3 Å². The van der Waals surface area contributed by atoms with Crippen molar-refractivity contribution in [3.8, 4) is 0 Å². The fourth-order valence-electron chi connectivity index (χ4n) is 2.92. The molecule has 3 aromatic rings. The van der Waals surface area contributed by atoms with Crippen LogP contribution in [0.2, 0.25) is 0 Å². The smallest absolute Gasteiger partial charge is 0.324 e. The summed E-state index contributed by atoms with van der Waals surface area (Å²) in [4.78, 5) is 16.3. The summed E-state index contributed by atoms with van der Waals surface area (Å²) < 4.78 is 79.3.